The molecule has 0 aliphatic heterocycles. The zero-order valence-corrected chi connectivity index (χ0v) is 11.4. The van der Waals surface area contributed by atoms with Crippen LogP contribution in [0.4, 0.5) is 5.00 Å². The maximum Gasteiger partial charge on any atom is 0.135 e. The topological polar surface area (TPSA) is 47.0 Å². The van der Waals surface area contributed by atoms with Crippen LogP contribution < -0.4 is 5.32 Å². The SMILES string of the molecule is CCNc1snnc1COC(C)c1ccccc1. The summed E-state index contributed by atoms with van der Waals surface area (Å²) in [6.07, 6.45) is 0.0578. The molecule has 1 heterocycles. The molecule has 1 atom stereocenters. The van der Waals surface area contributed by atoms with Gasteiger partial charge in [-0.2, -0.15) is 0 Å². The summed E-state index contributed by atoms with van der Waals surface area (Å²) in [5.74, 6) is 0. The van der Waals surface area contributed by atoms with E-state index in [1.807, 2.05) is 25.1 Å². The smallest absolute Gasteiger partial charge is 0.135 e. The van der Waals surface area contributed by atoms with Gasteiger partial charge in [-0.05, 0) is 19.4 Å². The monoisotopic (exact) mass is 263 g/mol. The van der Waals surface area contributed by atoms with E-state index in [9.17, 15) is 0 Å². The van der Waals surface area contributed by atoms with Gasteiger partial charge in [-0.1, -0.05) is 34.8 Å². The van der Waals surface area contributed by atoms with E-state index in [1.165, 1.54) is 17.1 Å². The molecule has 0 aliphatic carbocycles. The van der Waals surface area contributed by atoms with E-state index in [2.05, 4.69) is 34.0 Å². The number of nitrogens with zero attached hydrogens (tertiary/aromatic N) is 2. The molecule has 0 saturated carbocycles. The van der Waals surface area contributed by atoms with Crippen molar-refractivity contribution >= 4 is 16.5 Å². The number of aromatic nitrogens is 2. The lowest BCUT2D eigenvalue weighted by atomic mass is 10.1. The largest absolute Gasteiger partial charge is 0.374 e. The molecule has 18 heavy (non-hydrogen) atoms. The highest BCUT2D eigenvalue weighted by Crippen LogP contribution is 2.22. The molecule has 1 unspecified atom stereocenters. The molecule has 1 N–H and O–H groups in total. The third-order valence-electron chi connectivity index (χ3n) is 2.63. The number of hydrogen-bond acceptors (Lipinski definition) is 5. The predicted molar refractivity (Wildman–Crippen MR) is 73.7 cm³/mol. The van der Waals surface area contributed by atoms with Crippen LogP contribution in [0, 0.1) is 0 Å². The summed E-state index contributed by atoms with van der Waals surface area (Å²) in [6, 6.07) is 10.2. The lowest BCUT2D eigenvalue weighted by molar-refractivity contribution is 0.0508. The van der Waals surface area contributed by atoms with Crippen LogP contribution in [0.2, 0.25) is 0 Å². The average Bonchev–Trinajstić information content (AvgIpc) is 2.85. The van der Waals surface area contributed by atoms with E-state index in [1.54, 1.807) is 0 Å². The fourth-order valence-electron chi connectivity index (χ4n) is 1.62. The van der Waals surface area contributed by atoms with Crippen LogP contribution in [-0.2, 0) is 11.3 Å². The molecule has 96 valence electrons. The highest BCUT2D eigenvalue weighted by molar-refractivity contribution is 7.10. The highest BCUT2D eigenvalue weighted by Gasteiger charge is 2.10. The van der Waals surface area contributed by atoms with Crippen molar-refractivity contribution in [3.63, 3.8) is 0 Å². The van der Waals surface area contributed by atoms with Gasteiger partial charge in [0.1, 0.15) is 10.7 Å². The van der Waals surface area contributed by atoms with Crippen LogP contribution in [0.5, 0.6) is 0 Å². The fraction of sp³-hybridized carbons (Fsp3) is 0.385. The third kappa shape index (κ3) is 3.27. The summed E-state index contributed by atoms with van der Waals surface area (Å²) in [4.78, 5) is 0. The molecule has 1 aromatic heterocycles. The number of ether oxygens (including phenoxy) is 1. The number of nitrogens with one attached hydrogen (secondary N) is 1. The normalized spacial score (nSPS) is 12.3. The summed E-state index contributed by atoms with van der Waals surface area (Å²) < 4.78 is 9.76. The van der Waals surface area contributed by atoms with Gasteiger partial charge in [-0.3, -0.25) is 0 Å². The van der Waals surface area contributed by atoms with E-state index in [0.717, 1.165) is 17.2 Å². The molecule has 2 rings (SSSR count). The van der Waals surface area contributed by atoms with Gasteiger partial charge in [0, 0.05) is 18.1 Å². The van der Waals surface area contributed by atoms with Crippen LogP contribution in [0.1, 0.15) is 31.2 Å². The molecule has 0 saturated heterocycles. The Hall–Kier alpha value is -1.46. The first kappa shape index (κ1) is 13.0. The molecule has 0 aliphatic rings. The van der Waals surface area contributed by atoms with Gasteiger partial charge in [0.15, 0.2) is 0 Å². The molecule has 2 aromatic rings. The standard InChI is InChI=1S/C13H17N3OS/c1-3-14-13-12(15-16-18-13)9-17-10(2)11-7-5-4-6-8-11/h4-8,10,14H,3,9H2,1-2H3. The van der Waals surface area contributed by atoms with Crippen LogP contribution in [-0.4, -0.2) is 16.1 Å². The quantitative estimate of drug-likeness (QED) is 0.869. The minimum absolute atomic E-state index is 0.0578. The van der Waals surface area contributed by atoms with E-state index in [0.29, 0.717) is 6.61 Å². The zero-order chi connectivity index (χ0) is 12.8. The Balaban J connectivity index is 1.93. The van der Waals surface area contributed by atoms with Gasteiger partial charge in [-0.15, -0.1) is 5.10 Å². The van der Waals surface area contributed by atoms with E-state index in [-0.39, 0.29) is 6.10 Å². The Bertz CT molecular complexity index is 472. The minimum Gasteiger partial charge on any atom is -0.374 e. The second kappa shape index (κ2) is 6.47. The zero-order valence-electron chi connectivity index (χ0n) is 10.6. The molecular formula is C13H17N3OS. The average molecular weight is 263 g/mol. The van der Waals surface area contributed by atoms with Gasteiger partial charge >= 0.3 is 0 Å². The van der Waals surface area contributed by atoms with Gasteiger partial charge in [0.2, 0.25) is 0 Å². The second-order valence-corrected chi connectivity index (χ2v) is 4.70. The van der Waals surface area contributed by atoms with Crippen molar-refractivity contribution in [3.05, 3.63) is 41.6 Å². The first-order chi connectivity index (χ1) is 8.81. The Morgan fingerprint density at radius 1 is 1.33 bits per heavy atom. The third-order valence-corrected chi connectivity index (χ3v) is 3.36. The number of hydrogen-bond donors (Lipinski definition) is 1. The molecule has 0 fully saturated rings. The van der Waals surface area contributed by atoms with Crippen LogP contribution in [0.15, 0.2) is 30.3 Å². The highest BCUT2D eigenvalue weighted by atomic mass is 32.1. The molecule has 0 radical (unpaired) electrons. The van der Waals surface area contributed by atoms with Crippen LogP contribution in [0.3, 0.4) is 0 Å². The maximum atomic E-state index is 5.82. The van der Waals surface area contributed by atoms with E-state index < -0.39 is 0 Å². The Morgan fingerprint density at radius 2 is 2.11 bits per heavy atom. The molecule has 4 nitrogen and oxygen atoms in total. The van der Waals surface area contributed by atoms with Gasteiger partial charge < -0.3 is 10.1 Å². The summed E-state index contributed by atoms with van der Waals surface area (Å²) in [6.45, 7) is 5.44. The van der Waals surface area contributed by atoms with Crippen molar-refractivity contribution in [1.82, 2.24) is 9.59 Å². The van der Waals surface area contributed by atoms with Crippen molar-refractivity contribution in [2.75, 3.05) is 11.9 Å². The first-order valence-corrected chi connectivity index (χ1v) is 6.80. The lowest BCUT2D eigenvalue weighted by Crippen LogP contribution is -2.03. The summed E-state index contributed by atoms with van der Waals surface area (Å²) >= 11 is 1.37. The fourth-order valence-corrected chi connectivity index (χ4v) is 2.26. The Kier molecular flexibility index (Phi) is 4.66. The molecule has 1 aromatic carbocycles. The lowest BCUT2D eigenvalue weighted by Gasteiger charge is -2.12. The first-order valence-electron chi connectivity index (χ1n) is 6.03. The van der Waals surface area contributed by atoms with Crippen molar-refractivity contribution in [3.8, 4) is 0 Å². The van der Waals surface area contributed by atoms with E-state index >= 15 is 0 Å². The maximum absolute atomic E-state index is 5.82. The number of anilines is 1. The summed E-state index contributed by atoms with van der Waals surface area (Å²) in [5.41, 5.74) is 2.05. The van der Waals surface area contributed by atoms with Gasteiger partial charge in [0.25, 0.3) is 0 Å². The van der Waals surface area contributed by atoms with Crippen LogP contribution >= 0.6 is 11.5 Å². The van der Waals surface area contributed by atoms with Gasteiger partial charge in [0.05, 0.1) is 12.7 Å². The Labute approximate surface area is 111 Å². The van der Waals surface area contributed by atoms with Crippen molar-refractivity contribution in [2.45, 2.75) is 26.6 Å². The second-order valence-electron chi connectivity index (χ2n) is 3.94. The Morgan fingerprint density at radius 3 is 2.83 bits per heavy atom. The van der Waals surface area contributed by atoms with E-state index in [4.69, 9.17) is 4.74 Å². The molecule has 0 bridgehead atoms. The van der Waals surface area contributed by atoms with Crippen molar-refractivity contribution in [1.29, 1.82) is 0 Å². The molecule has 0 amide bonds. The van der Waals surface area contributed by atoms with Crippen molar-refractivity contribution < 1.29 is 4.74 Å². The molecular weight excluding hydrogens is 246 g/mol. The summed E-state index contributed by atoms with van der Waals surface area (Å²) in [7, 11) is 0. The van der Waals surface area contributed by atoms with Crippen LogP contribution in [0.25, 0.3) is 0 Å². The van der Waals surface area contributed by atoms with Crippen molar-refractivity contribution in [2.24, 2.45) is 0 Å². The molecule has 0 spiro atoms. The number of rotatable bonds is 6. The minimum atomic E-state index is 0.0578. The van der Waals surface area contributed by atoms with Gasteiger partial charge in [-0.25, -0.2) is 0 Å². The number of benzene rings is 1. The molecule has 5 heteroatoms. The summed E-state index contributed by atoms with van der Waals surface area (Å²) in [5, 5.41) is 8.31. The predicted octanol–water partition coefficient (Wildman–Crippen LogP) is 3.25.